The number of para-hydroxylation sites is 1. The number of hydrogen-bond acceptors (Lipinski definition) is 3. The van der Waals surface area contributed by atoms with Crippen LogP contribution in [0.4, 0.5) is 10.1 Å². The first-order chi connectivity index (χ1) is 11.8. The highest BCUT2D eigenvalue weighted by Crippen LogP contribution is 2.15. The quantitative estimate of drug-likeness (QED) is 0.821. The Hall–Kier alpha value is -2.25. The Bertz CT molecular complexity index is 853. The van der Waals surface area contributed by atoms with Gasteiger partial charge in [-0.1, -0.05) is 36.4 Å². The molecule has 0 aliphatic carbocycles. The lowest BCUT2D eigenvalue weighted by molar-refractivity contribution is -0.116. The molecule has 0 bridgehead atoms. The Morgan fingerprint density at radius 2 is 1.76 bits per heavy atom. The molecule has 25 heavy (non-hydrogen) atoms. The van der Waals surface area contributed by atoms with E-state index in [9.17, 15) is 17.6 Å². The van der Waals surface area contributed by atoms with E-state index in [0.717, 1.165) is 17.4 Å². The highest BCUT2D eigenvalue weighted by atomic mass is 32.2. The summed E-state index contributed by atoms with van der Waals surface area (Å²) in [5, 5.41) is 2.46. The average Bonchev–Trinajstić information content (AvgIpc) is 2.54. The molecule has 0 heterocycles. The van der Waals surface area contributed by atoms with Gasteiger partial charge in [0.25, 0.3) is 0 Å². The predicted molar refractivity (Wildman–Crippen MR) is 96.1 cm³/mol. The highest BCUT2D eigenvalue weighted by Gasteiger charge is 2.19. The number of nitrogens with one attached hydrogen (secondary N) is 1. The van der Waals surface area contributed by atoms with Crippen LogP contribution in [0.3, 0.4) is 0 Å². The molecule has 7 heteroatoms. The standard InChI is InChI=1S/C18H21FN2O3S/c1-14-7-3-4-8-15(14)13-21(25(2,23)24)12-11-18(22)20-17-10-6-5-9-16(17)19/h3-10H,11-13H2,1-2H3,(H,20,22). The van der Waals surface area contributed by atoms with Crippen LogP contribution in [0.15, 0.2) is 48.5 Å². The molecule has 0 saturated heterocycles. The summed E-state index contributed by atoms with van der Waals surface area (Å²) in [6.07, 6.45) is 1.05. The SMILES string of the molecule is Cc1ccccc1CN(CCC(=O)Nc1ccccc1F)S(C)(=O)=O. The molecule has 1 amide bonds. The molecule has 5 nitrogen and oxygen atoms in total. The Morgan fingerprint density at radius 3 is 2.40 bits per heavy atom. The van der Waals surface area contributed by atoms with Crippen molar-refractivity contribution >= 4 is 21.6 Å². The lowest BCUT2D eigenvalue weighted by atomic mass is 10.1. The minimum Gasteiger partial charge on any atom is -0.324 e. The van der Waals surface area contributed by atoms with Gasteiger partial charge in [-0.2, -0.15) is 4.31 Å². The first-order valence-corrected chi connectivity index (χ1v) is 9.66. The summed E-state index contributed by atoms with van der Waals surface area (Å²) in [6, 6.07) is 13.3. The number of nitrogens with zero attached hydrogens (tertiary/aromatic N) is 1. The van der Waals surface area contributed by atoms with E-state index < -0.39 is 21.7 Å². The smallest absolute Gasteiger partial charge is 0.225 e. The Balaban J connectivity index is 2.02. The molecule has 0 aromatic heterocycles. The number of hydrogen-bond donors (Lipinski definition) is 1. The fourth-order valence-electron chi connectivity index (χ4n) is 2.34. The molecule has 1 N–H and O–H groups in total. The number of carbonyl (C=O) groups is 1. The van der Waals surface area contributed by atoms with Crippen LogP contribution in [-0.2, 0) is 21.4 Å². The second kappa shape index (κ2) is 8.22. The van der Waals surface area contributed by atoms with Crippen molar-refractivity contribution in [3.63, 3.8) is 0 Å². The van der Waals surface area contributed by atoms with Crippen LogP contribution in [0, 0.1) is 12.7 Å². The van der Waals surface area contributed by atoms with Gasteiger partial charge < -0.3 is 5.32 Å². The van der Waals surface area contributed by atoms with Crippen LogP contribution in [-0.4, -0.2) is 31.4 Å². The maximum absolute atomic E-state index is 13.5. The second-order valence-electron chi connectivity index (χ2n) is 5.80. The molecule has 0 aliphatic heterocycles. The lowest BCUT2D eigenvalue weighted by Crippen LogP contribution is -2.32. The van der Waals surface area contributed by atoms with Crippen molar-refractivity contribution in [2.75, 3.05) is 18.1 Å². The lowest BCUT2D eigenvalue weighted by Gasteiger charge is -2.20. The Labute approximate surface area is 147 Å². The maximum Gasteiger partial charge on any atom is 0.225 e. The van der Waals surface area contributed by atoms with Gasteiger partial charge in [-0.3, -0.25) is 4.79 Å². The van der Waals surface area contributed by atoms with Crippen LogP contribution in [0.1, 0.15) is 17.5 Å². The summed E-state index contributed by atoms with van der Waals surface area (Å²) in [5.41, 5.74) is 1.94. The van der Waals surface area contributed by atoms with Crippen molar-refractivity contribution in [2.45, 2.75) is 19.9 Å². The van der Waals surface area contributed by atoms with Gasteiger partial charge in [0, 0.05) is 19.5 Å². The molecule has 0 atom stereocenters. The van der Waals surface area contributed by atoms with Gasteiger partial charge in [0.1, 0.15) is 5.82 Å². The summed E-state index contributed by atoms with van der Waals surface area (Å²) in [5.74, 6) is -0.973. The van der Waals surface area contributed by atoms with Gasteiger partial charge >= 0.3 is 0 Å². The topological polar surface area (TPSA) is 66.5 Å². The van der Waals surface area contributed by atoms with Crippen molar-refractivity contribution in [1.82, 2.24) is 4.31 Å². The van der Waals surface area contributed by atoms with Gasteiger partial charge in [0.05, 0.1) is 11.9 Å². The van der Waals surface area contributed by atoms with E-state index in [1.54, 1.807) is 6.07 Å². The molecule has 2 aromatic carbocycles. The Kier molecular flexibility index (Phi) is 6.27. The first-order valence-electron chi connectivity index (χ1n) is 7.81. The molecule has 2 aromatic rings. The molecule has 134 valence electrons. The van der Waals surface area contributed by atoms with Gasteiger partial charge in [0.2, 0.25) is 15.9 Å². The molecule has 0 spiro atoms. The number of aryl methyl sites for hydroxylation is 1. The number of halogens is 1. The third-order valence-corrected chi connectivity index (χ3v) is 5.06. The van der Waals surface area contributed by atoms with Crippen molar-refractivity contribution in [3.8, 4) is 0 Å². The zero-order valence-corrected chi connectivity index (χ0v) is 15.0. The van der Waals surface area contributed by atoms with Crippen molar-refractivity contribution < 1.29 is 17.6 Å². The maximum atomic E-state index is 13.5. The van der Waals surface area contributed by atoms with E-state index in [2.05, 4.69) is 5.32 Å². The minimum absolute atomic E-state index is 0.0213. The van der Waals surface area contributed by atoms with Gasteiger partial charge in [-0.15, -0.1) is 0 Å². The molecule has 0 saturated carbocycles. The highest BCUT2D eigenvalue weighted by molar-refractivity contribution is 7.88. The zero-order chi connectivity index (χ0) is 18.4. The third-order valence-electron chi connectivity index (χ3n) is 3.81. The van der Waals surface area contributed by atoms with E-state index in [1.165, 1.54) is 22.5 Å². The van der Waals surface area contributed by atoms with Crippen molar-refractivity contribution in [3.05, 3.63) is 65.5 Å². The summed E-state index contributed by atoms with van der Waals surface area (Å²) < 4.78 is 38.8. The van der Waals surface area contributed by atoms with Crippen molar-refractivity contribution in [1.29, 1.82) is 0 Å². The van der Waals surface area contributed by atoms with Crippen LogP contribution in [0.2, 0.25) is 0 Å². The molecule has 0 fully saturated rings. The number of amides is 1. The molecule has 0 radical (unpaired) electrons. The summed E-state index contributed by atoms with van der Waals surface area (Å²) in [7, 11) is -3.48. The molecule has 0 unspecified atom stereocenters. The van der Waals surface area contributed by atoms with E-state index in [-0.39, 0.29) is 25.2 Å². The second-order valence-corrected chi connectivity index (χ2v) is 7.78. The normalized spacial score (nSPS) is 11.5. The van der Waals surface area contributed by atoms with Crippen LogP contribution >= 0.6 is 0 Å². The van der Waals surface area contributed by atoms with Crippen molar-refractivity contribution in [2.24, 2.45) is 0 Å². The fraction of sp³-hybridized carbons (Fsp3) is 0.278. The molecule has 2 rings (SSSR count). The van der Waals surface area contributed by atoms with E-state index >= 15 is 0 Å². The summed E-state index contributed by atoms with van der Waals surface area (Å²) >= 11 is 0. The average molecular weight is 364 g/mol. The van der Waals surface area contributed by atoms with Gasteiger partial charge in [-0.25, -0.2) is 12.8 Å². The number of sulfonamides is 1. The summed E-state index contributed by atoms with van der Waals surface area (Å²) in [6.45, 7) is 2.12. The largest absolute Gasteiger partial charge is 0.324 e. The fourth-order valence-corrected chi connectivity index (χ4v) is 3.14. The van der Waals surface area contributed by atoms with Crippen LogP contribution in [0.5, 0.6) is 0 Å². The summed E-state index contributed by atoms with van der Waals surface area (Å²) in [4.78, 5) is 12.0. The number of rotatable bonds is 7. The van der Waals surface area contributed by atoms with Crippen LogP contribution in [0.25, 0.3) is 0 Å². The predicted octanol–water partition coefficient (Wildman–Crippen LogP) is 2.92. The Morgan fingerprint density at radius 1 is 1.12 bits per heavy atom. The molecular formula is C18H21FN2O3S. The zero-order valence-electron chi connectivity index (χ0n) is 14.2. The van der Waals surface area contributed by atoms with Gasteiger partial charge in [0.15, 0.2) is 0 Å². The van der Waals surface area contributed by atoms with E-state index in [0.29, 0.717) is 0 Å². The van der Waals surface area contributed by atoms with E-state index in [1.807, 2.05) is 31.2 Å². The first kappa shape index (κ1) is 19.1. The van der Waals surface area contributed by atoms with E-state index in [4.69, 9.17) is 0 Å². The third kappa shape index (κ3) is 5.65. The molecule has 0 aliphatic rings. The van der Waals surface area contributed by atoms with Crippen LogP contribution < -0.4 is 5.32 Å². The number of benzene rings is 2. The monoisotopic (exact) mass is 364 g/mol. The number of carbonyl (C=O) groups excluding carboxylic acids is 1. The number of anilines is 1. The minimum atomic E-state index is -3.48. The molecular weight excluding hydrogens is 343 g/mol. The van der Waals surface area contributed by atoms with Gasteiger partial charge in [-0.05, 0) is 30.2 Å².